The van der Waals surface area contributed by atoms with Crippen LogP contribution in [0.4, 0.5) is 5.69 Å². The molecule has 4 rings (SSSR count). The van der Waals surface area contributed by atoms with Gasteiger partial charge in [-0.05, 0) is 55.3 Å². The number of ether oxygens (including phenoxy) is 2. The lowest BCUT2D eigenvalue weighted by Crippen LogP contribution is -2.41. The number of anilines is 1. The Kier molecular flexibility index (Phi) is 4.12. The summed E-state index contributed by atoms with van der Waals surface area (Å²) in [5, 5.41) is 2.70. The van der Waals surface area contributed by atoms with Crippen molar-refractivity contribution in [3.8, 4) is 11.5 Å². The number of benzene rings is 2. The minimum Gasteiger partial charge on any atom is -0.486 e. The lowest BCUT2D eigenvalue weighted by atomic mass is 9.95. The largest absolute Gasteiger partial charge is 0.486 e. The molecule has 142 valence electrons. The minimum absolute atomic E-state index is 0.128. The fourth-order valence-corrected chi connectivity index (χ4v) is 4.71. The van der Waals surface area contributed by atoms with Gasteiger partial charge in [0.1, 0.15) is 13.2 Å². The number of rotatable bonds is 4. The maximum absolute atomic E-state index is 12.9. The van der Waals surface area contributed by atoms with Crippen molar-refractivity contribution in [1.82, 2.24) is 4.72 Å². The Morgan fingerprint density at radius 2 is 1.78 bits per heavy atom. The summed E-state index contributed by atoms with van der Waals surface area (Å²) in [6.45, 7) is 4.53. The molecule has 2 aliphatic heterocycles. The smallest absolute Gasteiger partial charge is 0.241 e. The van der Waals surface area contributed by atoms with Gasteiger partial charge < -0.3 is 14.8 Å². The van der Waals surface area contributed by atoms with Gasteiger partial charge in [-0.2, -0.15) is 0 Å². The van der Waals surface area contributed by atoms with Crippen molar-refractivity contribution >= 4 is 21.6 Å². The first kappa shape index (κ1) is 17.8. The molecule has 0 atom stereocenters. The first-order chi connectivity index (χ1) is 12.7. The van der Waals surface area contributed by atoms with Gasteiger partial charge in [0.15, 0.2) is 11.5 Å². The summed E-state index contributed by atoms with van der Waals surface area (Å²) in [4.78, 5) is 11.6. The number of hydrogen-bond donors (Lipinski definition) is 2. The van der Waals surface area contributed by atoms with E-state index < -0.39 is 15.6 Å². The molecule has 2 aromatic rings. The van der Waals surface area contributed by atoms with Crippen LogP contribution in [-0.4, -0.2) is 27.5 Å². The summed E-state index contributed by atoms with van der Waals surface area (Å²) in [7, 11) is -3.79. The van der Waals surface area contributed by atoms with Gasteiger partial charge in [0.05, 0.1) is 16.9 Å². The number of carbonyl (C=O) groups is 1. The van der Waals surface area contributed by atoms with Gasteiger partial charge in [0.25, 0.3) is 0 Å². The van der Waals surface area contributed by atoms with E-state index in [1.165, 1.54) is 12.1 Å². The zero-order chi connectivity index (χ0) is 19.2. The van der Waals surface area contributed by atoms with Crippen LogP contribution >= 0.6 is 0 Å². The Morgan fingerprint density at radius 1 is 1.04 bits per heavy atom. The van der Waals surface area contributed by atoms with Crippen molar-refractivity contribution in [3.63, 3.8) is 0 Å². The molecule has 0 saturated carbocycles. The zero-order valence-corrected chi connectivity index (χ0v) is 15.9. The highest BCUT2D eigenvalue weighted by Crippen LogP contribution is 2.35. The van der Waals surface area contributed by atoms with E-state index in [2.05, 4.69) is 10.0 Å². The van der Waals surface area contributed by atoms with Crippen molar-refractivity contribution in [3.05, 3.63) is 47.5 Å². The van der Waals surface area contributed by atoms with Crippen LogP contribution in [0.5, 0.6) is 11.5 Å². The lowest BCUT2D eigenvalue weighted by molar-refractivity contribution is -0.115. The maximum atomic E-state index is 12.9. The van der Waals surface area contributed by atoms with E-state index in [1.54, 1.807) is 32.0 Å². The molecule has 8 heteroatoms. The van der Waals surface area contributed by atoms with E-state index >= 15 is 0 Å². The van der Waals surface area contributed by atoms with Crippen molar-refractivity contribution in [1.29, 1.82) is 0 Å². The van der Waals surface area contributed by atoms with Crippen LogP contribution in [0, 0.1) is 0 Å². The topological polar surface area (TPSA) is 93.7 Å². The highest BCUT2D eigenvalue weighted by molar-refractivity contribution is 7.89. The summed E-state index contributed by atoms with van der Waals surface area (Å²) in [6, 6.07) is 10.0. The predicted octanol–water partition coefficient (Wildman–Crippen LogP) is 2.17. The second kappa shape index (κ2) is 6.24. The number of carbonyl (C=O) groups excluding carboxylic acids is 1. The molecule has 2 aromatic carbocycles. The van der Waals surface area contributed by atoms with Gasteiger partial charge in [0, 0.05) is 5.69 Å². The third-order valence-electron chi connectivity index (χ3n) is 4.67. The average molecular weight is 388 g/mol. The molecule has 0 unspecified atom stereocenters. The van der Waals surface area contributed by atoms with Crippen LogP contribution < -0.4 is 19.5 Å². The van der Waals surface area contributed by atoms with Gasteiger partial charge in [0.2, 0.25) is 15.9 Å². The number of nitrogens with one attached hydrogen (secondary N) is 2. The van der Waals surface area contributed by atoms with Crippen LogP contribution in [-0.2, 0) is 26.8 Å². The molecule has 7 nitrogen and oxygen atoms in total. The van der Waals surface area contributed by atoms with Crippen molar-refractivity contribution in [2.45, 2.75) is 30.7 Å². The minimum atomic E-state index is -3.79. The molecule has 2 aliphatic rings. The Balaban J connectivity index is 1.62. The van der Waals surface area contributed by atoms with E-state index in [-0.39, 0.29) is 17.2 Å². The second-order valence-electron chi connectivity index (χ2n) is 7.13. The standard InChI is InChI=1S/C19H20N2O5S/c1-19(2,13-3-6-16-17(11-13)26-8-7-25-16)21-27(23,24)14-4-5-15-12(9-14)10-18(22)20-15/h3-6,9,11,21H,7-8,10H2,1-2H3,(H,20,22). The van der Waals surface area contributed by atoms with Gasteiger partial charge in [-0.25, -0.2) is 13.1 Å². The Bertz CT molecular complexity index is 1030. The van der Waals surface area contributed by atoms with Crippen LogP contribution in [0.25, 0.3) is 0 Å². The molecule has 27 heavy (non-hydrogen) atoms. The molecule has 0 bridgehead atoms. The molecule has 2 N–H and O–H groups in total. The second-order valence-corrected chi connectivity index (χ2v) is 8.82. The van der Waals surface area contributed by atoms with E-state index in [9.17, 15) is 13.2 Å². The predicted molar refractivity (Wildman–Crippen MR) is 99.6 cm³/mol. The van der Waals surface area contributed by atoms with E-state index in [0.717, 1.165) is 5.56 Å². The highest BCUT2D eigenvalue weighted by atomic mass is 32.2. The van der Waals surface area contributed by atoms with Gasteiger partial charge in [-0.1, -0.05) is 6.07 Å². The maximum Gasteiger partial charge on any atom is 0.241 e. The van der Waals surface area contributed by atoms with E-state index in [1.807, 2.05) is 6.07 Å². The number of amides is 1. The summed E-state index contributed by atoms with van der Waals surface area (Å²) in [5.41, 5.74) is 1.22. The summed E-state index contributed by atoms with van der Waals surface area (Å²) >= 11 is 0. The first-order valence-corrected chi connectivity index (χ1v) is 10.1. The zero-order valence-electron chi connectivity index (χ0n) is 15.0. The van der Waals surface area contributed by atoms with E-state index in [4.69, 9.17) is 9.47 Å². The number of fused-ring (bicyclic) bond motifs is 2. The Morgan fingerprint density at radius 3 is 2.56 bits per heavy atom. The molecule has 0 aromatic heterocycles. The summed E-state index contributed by atoms with van der Waals surface area (Å²) in [5.74, 6) is 1.12. The van der Waals surface area contributed by atoms with Crippen LogP contribution in [0.2, 0.25) is 0 Å². The molecule has 2 heterocycles. The quantitative estimate of drug-likeness (QED) is 0.837. The highest BCUT2D eigenvalue weighted by Gasteiger charge is 2.30. The SMILES string of the molecule is CC(C)(NS(=O)(=O)c1ccc2c(c1)CC(=O)N2)c1ccc2c(c1)OCCO2. The number of hydrogen-bond acceptors (Lipinski definition) is 5. The van der Waals surface area contributed by atoms with E-state index in [0.29, 0.717) is 36.0 Å². The molecule has 0 saturated heterocycles. The molecular formula is C19H20N2O5S. The van der Waals surface area contributed by atoms with Crippen LogP contribution in [0.3, 0.4) is 0 Å². The molecule has 1 amide bonds. The molecule has 0 aliphatic carbocycles. The van der Waals surface area contributed by atoms with Crippen LogP contribution in [0.15, 0.2) is 41.3 Å². The third kappa shape index (κ3) is 3.38. The van der Waals surface area contributed by atoms with Gasteiger partial charge in [-0.15, -0.1) is 0 Å². The van der Waals surface area contributed by atoms with Gasteiger partial charge in [-0.3, -0.25) is 4.79 Å². The summed E-state index contributed by atoms with van der Waals surface area (Å²) < 4.78 is 39.7. The van der Waals surface area contributed by atoms with Crippen molar-refractivity contribution in [2.24, 2.45) is 0 Å². The van der Waals surface area contributed by atoms with Crippen molar-refractivity contribution < 1.29 is 22.7 Å². The normalized spacial score (nSPS) is 16.0. The summed E-state index contributed by atoms with van der Waals surface area (Å²) in [6.07, 6.45) is 0.185. The van der Waals surface area contributed by atoms with Crippen molar-refractivity contribution in [2.75, 3.05) is 18.5 Å². The number of sulfonamides is 1. The fourth-order valence-electron chi connectivity index (χ4n) is 3.26. The molecule has 0 radical (unpaired) electrons. The fraction of sp³-hybridized carbons (Fsp3) is 0.316. The van der Waals surface area contributed by atoms with Crippen LogP contribution in [0.1, 0.15) is 25.0 Å². The Hall–Kier alpha value is -2.58. The monoisotopic (exact) mass is 388 g/mol. The molecule has 0 spiro atoms. The lowest BCUT2D eigenvalue weighted by Gasteiger charge is -2.28. The molecular weight excluding hydrogens is 368 g/mol. The molecule has 0 fully saturated rings. The average Bonchev–Trinajstić information content (AvgIpc) is 2.99. The van der Waals surface area contributed by atoms with Gasteiger partial charge >= 0.3 is 0 Å². The Labute approximate surface area is 157 Å². The first-order valence-electron chi connectivity index (χ1n) is 8.61. The third-order valence-corrected chi connectivity index (χ3v) is 6.32.